The van der Waals surface area contributed by atoms with Crippen LogP contribution in [0.2, 0.25) is 0 Å². The Balaban J connectivity index is 2.71. The minimum atomic E-state index is -0.323. The first-order valence-electron chi connectivity index (χ1n) is 6.49. The van der Waals surface area contributed by atoms with E-state index in [9.17, 15) is 4.79 Å². The highest BCUT2D eigenvalue weighted by molar-refractivity contribution is 5.79. The molecule has 1 rings (SSSR count). The van der Waals surface area contributed by atoms with E-state index in [1.165, 1.54) is 6.42 Å². The quantitative estimate of drug-likeness (QED) is 0.537. The minimum Gasteiger partial charge on any atom is -0.465 e. The van der Waals surface area contributed by atoms with Crippen LogP contribution in [-0.4, -0.2) is 12.6 Å². The molecule has 0 radical (unpaired) electrons. The Morgan fingerprint density at radius 1 is 1.38 bits per heavy atom. The molecule has 0 aromatic rings. The van der Waals surface area contributed by atoms with Crippen LogP contribution in [0, 0.1) is 11.3 Å². The molecule has 1 aliphatic rings. The summed E-state index contributed by atoms with van der Waals surface area (Å²) >= 11 is 0. The molecule has 0 bridgehead atoms. The van der Waals surface area contributed by atoms with Gasteiger partial charge in [0.1, 0.15) is 0 Å². The Kier molecular flexibility index (Phi) is 5.04. The lowest BCUT2D eigenvalue weighted by atomic mass is 9.69. The van der Waals surface area contributed by atoms with Crippen LogP contribution < -0.4 is 0 Å². The van der Waals surface area contributed by atoms with Crippen molar-refractivity contribution in [3.8, 4) is 0 Å². The number of allylic oxidation sites excluding steroid dienone is 1. The zero-order valence-corrected chi connectivity index (χ0v) is 10.8. The average molecular weight is 224 g/mol. The van der Waals surface area contributed by atoms with Crippen molar-refractivity contribution in [1.29, 1.82) is 0 Å². The first-order chi connectivity index (χ1) is 7.68. The molecule has 0 spiro atoms. The molecule has 0 unspecified atom stereocenters. The normalized spacial score (nSPS) is 30.6. The van der Waals surface area contributed by atoms with Crippen molar-refractivity contribution in [3.05, 3.63) is 12.2 Å². The van der Waals surface area contributed by atoms with Gasteiger partial charge in [-0.25, -0.2) is 0 Å². The maximum Gasteiger partial charge on any atom is 0.315 e. The Hall–Kier alpha value is -0.790. The Bertz CT molecular complexity index is 247. The maximum absolute atomic E-state index is 12.0. The van der Waals surface area contributed by atoms with Crippen LogP contribution in [0.1, 0.15) is 52.9 Å². The van der Waals surface area contributed by atoms with E-state index in [4.69, 9.17) is 4.74 Å². The summed E-state index contributed by atoms with van der Waals surface area (Å²) in [5, 5.41) is 0. The molecule has 1 fully saturated rings. The molecule has 0 aliphatic heterocycles. The SMILES string of the molecule is C/C=C/C1(C(=O)OCC)CCC(CC)CC1. The van der Waals surface area contributed by atoms with Gasteiger partial charge in [0.15, 0.2) is 0 Å². The molecule has 0 amide bonds. The fourth-order valence-electron chi connectivity index (χ4n) is 2.63. The third kappa shape index (κ3) is 2.87. The highest BCUT2D eigenvalue weighted by Gasteiger charge is 2.40. The Labute approximate surface area is 99.1 Å². The van der Waals surface area contributed by atoms with Gasteiger partial charge in [-0.05, 0) is 45.4 Å². The van der Waals surface area contributed by atoms with Crippen LogP contribution >= 0.6 is 0 Å². The van der Waals surface area contributed by atoms with E-state index in [1.54, 1.807) is 0 Å². The van der Waals surface area contributed by atoms with Crippen LogP contribution in [-0.2, 0) is 9.53 Å². The first-order valence-corrected chi connectivity index (χ1v) is 6.49. The second-order valence-electron chi connectivity index (χ2n) is 4.73. The van der Waals surface area contributed by atoms with E-state index in [0.29, 0.717) is 6.61 Å². The minimum absolute atomic E-state index is 0.0253. The summed E-state index contributed by atoms with van der Waals surface area (Å²) < 4.78 is 5.22. The summed E-state index contributed by atoms with van der Waals surface area (Å²) in [5.74, 6) is 0.774. The lowest BCUT2D eigenvalue weighted by Gasteiger charge is -2.35. The molecule has 0 aromatic heterocycles. The van der Waals surface area contributed by atoms with Crippen molar-refractivity contribution in [1.82, 2.24) is 0 Å². The number of hydrogen-bond donors (Lipinski definition) is 0. The van der Waals surface area contributed by atoms with Crippen molar-refractivity contribution in [3.63, 3.8) is 0 Å². The van der Waals surface area contributed by atoms with Gasteiger partial charge in [0.05, 0.1) is 12.0 Å². The predicted molar refractivity (Wildman–Crippen MR) is 66.1 cm³/mol. The second-order valence-corrected chi connectivity index (χ2v) is 4.73. The Morgan fingerprint density at radius 2 is 2.00 bits per heavy atom. The topological polar surface area (TPSA) is 26.3 Å². The predicted octanol–water partition coefficient (Wildman–Crippen LogP) is 3.71. The summed E-state index contributed by atoms with van der Waals surface area (Å²) in [5.41, 5.74) is -0.323. The second kappa shape index (κ2) is 6.07. The lowest BCUT2D eigenvalue weighted by Crippen LogP contribution is -2.35. The zero-order valence-electron chi connectivity index (χ0n) is 10.8. The van der Waals surface area contributed by atoms with E-state index < -0.39 is 0 Å². The summed E-state index contributed by atoms with van der Waals surface area (Å²) in [6.07, 6.45) is 9.48. The standard InChI is InChI=1S/C14H24O2/c1-4-9-14(13(15)16-6-3)10-7-12(5-2)8-11-14/h4,9,12H,5-8,10-11H2,1-3H3/b9-4+. The fourth-order valence-corrected chi connectivity index (χ4v) is 2.63. The molecule has 2 nitrogen and oxygen atoms in total. The molecule has 0 N–H and O–H groups in total. The summed E-state index contributed by atoms with van der Waals surface area (Å²) in [6, 6.07) is 0. The van der Waals surface area contributed by atoms with E-state index >= 15 is 0 Å². The van der Waals surface area contributed by atoms with Gasteiger partial charge in [0.2, 0.25) is 0 Å². The third-order valence-corrected chi connectivity index (χ3v) is 3.74. The first kappa shape index (κ1) is 13.3. The van der Waals surface area contributed by atoms with Crippen LogP contribution in [0.5, 0.6) is 0 Å². The lowest BCUT2D eigenvalue weighted by molar-refractivity contribution is -0.154. The average Bonchev–Trinajstić information content (AvgIpc) is 2.30. The number of carbonyl (C=O) groups is 1. The van der Waals surface area contributed by atoms with E-state index in [0.717, 1.165) is 31.6 Å². The van der Waals surface area contributed by atoms with E-state index in [2.05, 4.69) is 13.0 Å². The van der Waals surface area contributed by atoms with Crippen molar-refractivity contribution in [2.75, 3.05) is 6.61 Å². The van der Waals surface area contributed by atoms with Gasteiger partial charge in [0.25, 0.3) is 0 Å². The summed E-state index contributed by atoms with van der Waals surface area (Å²) in [7, 11) is 0. The largest absolute Gasteiger partial charge is 0.465 e. The third-order valence-electron chi connectivity index (χ3n) is 3.74. The van der Waals surface area contributed by atoms with Gasteiger partial charge >= 0.3 is 5.97 Å². The van der Waals surface area contributed by atoms with Crippen LogP contribution in [0.3, 0.4) is 0 Å². The summed E-state index contributed by atoms with van der Waals surface area (Å²) in [4.78, 5) is 12.0. The molecule has 1 saturated carbocycles. The van der Waals surface area contributed by atoms with Crippen molar-refractivity contribution >= 4 is 5.97 Å². The highest BCUT2D eigenvalue weighted by atomic mass is 16.5. The van der Waals surface area contributed by atoms with E-state index in [1.807, 2.05) is 19.9 Å². The Morgan fingerprint density at radius 3 is 2.44 bits per heavy atom. The number of carbonyl (C=O) groups excluding carboxylic acids is 1. The van der Waals surface area contributed by atoms with Crippen LogP contribution in [0.15, 0.2) is 12.2 Å². The zero-order chi connectivity index (χ0) is 12.0. The van der Waals surface area contributed by atoms with E-state index in [-0.39, 0.29) is 11.4 Å². The number of rotatable bonds is 4. The van der Waals surface area contributed by atoms with Gasteiger partial charge in [0, 0.05) is 0 Å². The monoisotopic (exact) mass is 224 g/mol. The van der Waals surface area contributed by atoms with Gasteiger partial charge in [-0.1, -0.05) is 25.5 Å². The van der Waals surface area contributed by atoms with Gasteiger partial charge in [-0.15, -0.1) is 0 Å². The van der Waals surface area contributed by atoms with Gasteiger partial charge in [-0.3, -0.25) is 4.79 Å². The highest BCUT2D eigenvalue weighted by Crippen LogP contribution is 2.42. The molecule has 92 valence electrons. The van der Waals surface area contributed by atoms with Crippen LogP contribution in [0.4, 0.5) is 0 Å². The van der Waals surface area contributed by atoms with Crippen molar-refractivity contribution in [2.24, 2.45) is 11.3 Å². The van der Waals surface area contributed by atoms with Gasteiger partial charge in [-0.2, -0.15) is 0 Å². The number of esters is 1. The van der Waals surface area contributed by atoms with Crippen molar-refractivity contribution < 1.29 is 9.53 Å². The molecule has 1 aliphatic carbocycles. The molecule has 0 saturated heterocycles. The summed E-state index contributed by atoms with van der Waals surface area (Å²) in [6.45, 7) is 6.57. The van der Waals surface area contributed by atoms with Gasteiger partial charge < -0.3 is 4.74 Å². The smallest absolute Gasteiger partial charge is 0.315 e. The number of ether oxygens (including phenoxy) is 1. The molecule has 0 aromatic carbocycles. The molecular weight excluding hydrogens is 200 g/mol. The molecule has 0 heterocycles. The maximum atomic E-state index is 12.0. The molecule has 16 heavy (non-hydrogen) atoms. The fraction of sp³-hybridized carbons (Fsp3) is 0.786. The molecular formula is C14H24O2. The molecule has 2 heteroatoms. The molecule has 0 atom stereocenters. The van der Waals surface area contributed by atoms with Crippen LogP contribution in [0.25, 0.3) is 0 Å². The van der Waals surface area contributed by atoms with Crippen molar-refractivity contribution in [2.45, 2.75) is 52.9 Å². The number of hydrogen-bond acceptors (Lipinski definition) is 2.